The Balaban J connectivity index is 1.75. The summed E-state index contributed by atoms with van der Waals surface area (Å²) in [5.41, 5.74) is 0. The van der Waals surface area contributed by atoms with E-state index in [1.54, 1.807) is 6.92 Å². The van der Waals surface area contributed by atoms with Gasteiger partial charge in [-0.05, 0) is 26.2 Å². The van der Waals surface area contributed by atoms with E-state index in [-0.39, 0.29) is 74.9 Å². The standard InChI is InChI=1S/C19H26ClF4N7/c1-3-18(21,22)7-4-12(2)26-15-28-16(27-14-5-8-19(23,24)9-6-14)30-17(29-15)31-11-13(20)10-25-31/h10-12,14H,3-9H2,1-2H3,(H2,26,27,28,29,30). The van der Waals surface area contributed by atoms with Crippen LogP contribution < -0.4 is 10.6 Å². The summed E-state index contributed by atoms with van der Waals surface area (Å²) in [4.78, 5) is 12.9. The minimum atomic E-state index is -2.72. The Bertz CT molecular complexity index is 867. The summed E-state index contributed by atoms with van der Waals surface area (Å²) in [7, 11) is 0. The molecule has 1 fully saturated rings. The molecule has 0 amide bonds. The number of hydrogen-bond donors (Lipinski definition) is 2. The molecule has 0 spiro atoms. The van der Waals surface area contributed by atoms with Crippen molar-refractivity contribution >= 4 is 23.5 Å². The smallest absolute Gasteiger partial charge is 0.257 e. The molecule has 1 aliphatic rings. The van der Waals surface area contributed by atoms with Gasteiger partial charge in [-0.2, -0.15) is 20.1 Å². The van der Waals surface area contributed by atoms with Gasteiger partial charge >= 0.3 is 0 Å². The zero-order valence-corrected chi connectivity index (χ0v) is 18.1. The van der Waals surface area contributed by atoms with Crippen LogP contribution in [-0.4, -0.2) is 48.7 Å². The fourth-order valence-corrected chi connectivity index (χ4v) is 3.41. The van der Waals surface area contributed by atoms with Gasteiger partial charge in [0.2, 0.25) is 23.7 Å². The van der Waals surface area contributed by atoms with Crippen molar-refractivity contribution in [2.24, 2.45) is 0 Å². The molecule has 12 heteroatoms. The van der Waals surface area contributed by atoms with Crippen molar-refractivity contribution in [1.82, 2.24) is 24.7 Å². The van der Waals surface area contributed by atoms with E-state index in [2.05, 4.69) is 30.7 Å². The topological polar surface area (TPSA) is 80.5 Å². The highest BCUT2D eigenvalue weighted by Gasteiger charge is 2.35. The molecule has 2 aromatic heterocycles. The van der Waals surface area contributed by atoms with Gasteiger partial charge in [0.1, 0.15) is 0 Å². The van der Waals surface area contributed by atoms with Crippen LogP contribution in [0.4, 0.5) is 29.5 Å². The lowest BCUT2D eigenvalue weighted by Crippen LogP contribution is -2.33. The van der Waals surface area contributed by atoms with Gasteiger partial charge in [0.05, 0.1) is 17.4 Å². The van der Waals surface area contributed by atoms with Crippen molar-refractivity contribution in [2.75, 3.05) is 10.6 Å². The molecule has 0 radical (unpaired) electrons. The van der Waals surface area contributed by atoms with Crippen molar-refractivity contribution in [3.05, 3.63) is 17.4 Å². The summed E-state index contributed by atoms with van der Waals surface area (Å²) >= 11 is 5.93. The highest BCUT2D eigenvalue weighted by atomic mass is 35.5. The first-order valence-electron chi connectivity index (χ1n) is 10.3. The second kappa shape index (κ2) is 9.54. The average molecular weight is 464 g/mol. The van der Waals surface area contributed by atoms with Gasteiger partial charge in [-0.15, -0.1) is 0 Å². The molecule has 1 saturated carbocycles. The van der Waals surface area contributed by atoms with E-state index in [1.807, 2.05) is 0 Å². The highest BCUT2D eigenvalue weighted by molar-refractivity contribution is 6.30. The van der Waals surface area contributed by atoms with E-state index < -0.39 is 11.8 Å². The summed E-state index contributed by atoms with van der Waals surface area (Å²) in [6.07, 6.45) is 2.84. The third-order valence-electron chi connectivity index (χ3n) is 5.27. The summed E-state index contributed by atoms with van der Waals surface area (Å²) in [6, 6.07) is -0.528. The fourth-order valence-electron chi connectivity index (χ4n) is 3.27. The quantitative estimate of drug-likeness (QED) is 0.489. The third kappa shape index (κ3) is 6.91. The number of nitrogens with zero attached hydrogens (tertiary/aromatic N) is 5. The van der Waals surface area contributed by atoms with Crippen LogP contribution in [0.3, 0.4) is 0 Å². The lowest BCUT2D eigenvalue weighted by molar-refractivity contribution is -0.0361. The lowest BCUT2D eigenvalue weighted by Gasteiger charge is -2.28. The Kier molecular flexibility index (Phi) is 7.23. The Morgan fingerprint density at radius 2 is 1.90 bits per heavy atom. The SMILES string of the molecule is CCC(F)(F)CCC(C)Nc1nc(NC2CCC(F)(F)CC2)nc(-n2cc(Cl)cn2)n1. The number of nitrogens with one attached hydrogen (secondary N) is 2. The van der Waals surface area contributed by atoms with Gasteiger partial charge in [-0.25, -0.2) is 22.2 Å². The summed E-state index contributed by atoms with van der Waals surface area (Å²) in [5, 5.41) is 10.6. The van der Waals surface area contributed by atoms with Crippen LogP contribution >= 0.6 is 11.6 Å². The van der Waals surface area contributed by atoms with Crippen LogP contribution in [-0.2, 0) is 0 Å². The van der Waals surface area contributed by atoms with Crippen LogP contribution in [0.25, 0.3) is 5.95 Å². The Morgan fingerprint density at radius 3 is 2.52 bits per heavy atom. The monoisotopic (exact) mass is 463 g/mol. The molecule has 7 nitrogen and oxygen atoms in total. The fraction of sp³-hybridized carbons (Fsp3) is 0.684. The molecule has 0 bridgehead atoms. The molecule has 2 aromatic rings. The second-order valence-electron chi connectivity index (χ2n) is 7.95. The van der Waals surface area contributed by atoms with Crippen molar-refractivity contribution in [2.45, 2.75) is 82.7 Å². The zero-order valence-electron chi connectivity index (χ0n) is 17.4. The normalized spacial score (nSPS) is 18.0. The Morgan fingerprint density at radius 1 is 1.23 bits per heavy atom. The molecule has 0 aliphatic heterocycles. The first-order chi connectivity index (χ1) is 14.5. The predicted octanol–water partition coefficient (Wildman–Crippen LogP) is 5.33. The van der Waals surface area contributed by atoms with Gasteiger partial charge in [-0.3, -0.25) is 0 Å². The maximum Gasteiger partial charge on any atom is 0.257 e. The van der Waals surface area contributed by atoms with Crippen molar-refractivity contribution in [3.8, 4) is 5.95 Å². The Labute approximate surface area is 183 Å². The molecule has 2 N–H and O–H groups in total. The van der Waals surface area contributed by atoms with Gasteiger partial charge in [-0.1, -0.05) is 18.5 Å². The Hall–Kier alpha value is -2.17. The molecule has 0 saturated heterocycles. The first kappa shape index (κ1) is 23.5. The maximum atomic E-state index is 13.6. The number of hydrogen-bond acceptors (Lipinski definition) is 6. The van der Waals surface area contributed by atoms with Crippen LogP contribution in [0, 0.1) is 0 Å². The van der Waals surface area contributed by atoms with Crippen LogP contribution in [0.5, 0.6) is 0 Å². The minimum Gasteiger partial charge on any atom is -0.352 e. The molecule has 172 valence electrons. The van der Waals surface area contributed by atoms with Crippen LogP contribution in [0.2, 0.25) is 5.02 Å². The maximum absolute atomic E-state index is 13.6. The molecular weight excluding hydrogens is 438 g/mol. The minimum absolute atomic E-state index is 0.166. The molecular formula is C19H26ClF4N7. The first-order valence-corrected chi connectivity index (χ1v) is 10.7. The number of alkyl halides is 4. The van der Waals surface area contributed by atoms with Crippen molar-refractivity contribution < 1.29 is 17.6 Å². The third-order valence-corrected chi connectivity index (χ3v) is 5.46. The molecule has 2 heterocycles. The second-order valence-corrected chi connectivity index (χ2v) is 8.39. The molecule has 1 atom stereocenters. The summed E-state index contributed by atoms with van der Waals surface area (Å²) in [6.45, 7) is 3.21. The van der Waals surface area contributed by atoms with E-state index in [0.29, 0.717) is 5.02 Å². The summed E-state index contributed by atoms with van der Waals surface area (Å²) < 4.78 is 55.4. The number of anilines is 2. The van der Waals surface area contributed by atoms with Gasteiger partial charge in [0, 0.05) is 37.8 Å². The van der Waals surface area contributed by atoms with Crippen molar-refractivity contribution in [3.63, 3.8) is 0 Å². The molecule has 3 rings (SSSR count). The predicted molar refractivity (Wildman–Crippen MR) is 110 cm³/mol. The van der Waals surface area contributed by atoms with Crippen molar-refractivity contribution in [1.29, 1.82) is 0 Å². The van der Waals surface area contributed by atoms with Crippen LogP contribution in [0.15, 0.2) is 12.4 Å². The average Bonchev–Trinajstić information content (AvgIpc) is 3.14. The lowest BCUT2D eigenvalue weighted by atomic mass is 9.92. The van der Waals surface area contributed by atoms with Gasteiger partial charge in [0.15, 0.2) is 0 Å². The largest absolute Gasteiger partial charge is 0.352 e. The number of halogens is 5. The zero-order chi connectivity index (χ0) is 22.6. The van der Waals surface area contributed by atoms with E-state index in [0.717, 1.165) is 0 Å². The van der Waals surface area contributed by atoms with Crippen LogP contribution in [0.1, 0.15) is 58.8 Å². The van der Waals surface area contributed by atoms with E-state index in [1.165, 1.54) is 24.0 Å². The molecule has 1 aliphatic carbocycles. The van der Waals surface area contributed by atoms with E-state index >= 15 is 0 Å². The highest BCUT2D eigenvalue weighted by Crippen LogP contribution is 2.34. The summed E-state index contributed by atoms with van der Waals surface area (Å²) in [5.74, 6) is -4.83. The van der Waals surface area contributed by atoms with Gasteiger partial charge in [0.25, 0.3) is 5.95 Å². The van der Waals surface area contributed by atoms with E-state index in [4.69, 9.17) is 11.6 Å². The number of rotatable bonds is 9. The molecule has 1 unspecified atom stereocenters. The molecule has 31 heavy (non-hydrogen) atoms. The van der Waals surface area contributed by atoms with Gasteiger partial charge < -0.3 is 10.6 Å². The molecule has 0 aromatic carbocycles. The number of aromatic nitrogens is 5. The van der Waals surface area contributed by atoms with E-state index in [9.17, 15) is 17.6 Å².